The van der Waals surface area contributed by atoms with Gasteiger partial charge in [-0.1, -0.05) is 6.08 Å². The average molecular weight is 307 g/mol. The van der Waals surface area contributed by atoms with Crippen LogP contribution in [0.2, 0.25) is 0 Å². The van der Waals surface area contributed by atoms with E-state index in [-0.39, 0.29) is 23.8 Å². The molecule has 0 aliphatic carbocycles. The Hall–Kier alpha value is -2.02. The molecule has 2 aliphatic rings. The minimum Gasteiger partial charge on any atom is -0.364 e. The second kappa shape index (κ2) is 6.39. The van der Waals surface area contributed by atoms with Crippen molar-refractivity contribution in [2.24, 2.45) is 5.73 Å². The van der Waals surface area contributed by atoms with Crippen molar-refractivity contribution in [3.8, 4) is 0 Å². The second-order valence-corrected chi connectivity index (χ2v) is 6.65. The zero-order chi connectivity index (χ0) is 16.3. The number of urea groups is 1. The Labute approximate surface area is 131 Å². The third-order valence-corrected chi connectivity index (χ3v) is 3.57. The van der Waals surface area contributed by atoms with Gasteiger partial charge in [-0.25, -0.2) is 4.79 Å². The fourth-order valence-electron chi connectivity index (χ4n) is 2.61. The number of nitrogens with two attached hydrogens (primary N) is 1. The molecule has 0 saturated carbocycles. The first-order chi connectivity index (χ1) is 10.3. The zero-order valence-electron chi connectivity index (χ0n) is 13.3. The number of carbonyl (C=O) groups excluding carboxylic acids is 2. The van der Waals surface area contributed by atoms with E-state index in [0.29, 0.717) is 5.70 Å². The summed E-state index contributed by atoms with van der Waals surface area (Å²) in [4.78, 5) is 25.8. The Bertz CT molecular complexity index is 501. The summed E-state index contributed by atoms with van der Waals surface area (Å²) in [5.41, 5.74) is 5.31. The maximum absolute atomic E-state index is 12.7. The fraction of sp³-hybridized carbons (Fsp3) is 0.600. The molecule has 1 fully saturated rings. The second-order valence-electron chi connectivity index (χ2n) is 6.65. The minimum atomic E-state index is -0.532. The van der Waals surface area contributed by atoms with Gasteiger partial charge in [-0.05, 0) is 45.9 Å². The highest BCUT2D eigenvalue weighted by Gasteiger charge is 2.34. The first-order valence-corrected chi connectivity index (χ1v) is 7.54. The number of dihydropyridines is 1. The van der Waals surface area contributed by atoms with Crippen molar-refractivity contribution in [3.05, 3.63) is 23.9 Å². The molecule has 0 aromatic carbocycles. The smallest absolute Gasteiger partial charge is 0.319 e. The molecule has 122 valence electrons. The lowest BCUT2D eigenvalue weighted by Gasteiger charge is -2.38. The molecule has 0 radical (unpaired) electrons. The average Bonchev–Trinajstić information content (AvgIpc) is 2.91. The van der Waals surface area contributed by atoms with Crippen LogP contribution in [0.15, 0.2) is 23.9 Å². The van der Waals surface area contributed by atoms with Crippen molar-refractivity contribution in [3.63, 3.8) is 0 Å². The van der Waals surface area contributed by atoms with E-state index in [0.717, 1.165) is 19.5 Å². The van der Waals surface area contributed by atoms with Crippen LogP contribution in [0.25, 0.3) is 0 Å². The SMILES string of the molecule is CC(C)(C)NC(=O)N(C1C=CC=C(C(N)=O)N1)[C@H]1CCNC1. The number of primary amides is 1. The van der Waals surface area contributed by atoms with Gasteiger partial charge >= 0.3 is 6.03 Å². The van der Waals surface area contributed by atoms with Gasteiger partial charge in [-0.3, -0.25) is 9.69 Å². The topological polar surface area (TPSA) is 99.5 Å². The van der Waals surface area contributed by atoms with Crippen molar-refractivity contribution >= 4 is 11.9 Å². The van der Waals surface area contributed by atoms with Gasteiger partial charge in [0.1, 0.15) is 11.9 Å². The lowest BCUT2D eigenvalue weighted by Crippen LogP contribution is -2.60. The standard InChI is InChI=1S/C15H25N5O2/c1-15(2,3)19-14(22)20(10-7-8-17-9-10)12-6-4-5-11(18-12)13(16)21/h4-6,10,12,17-18H,7-9H2,1-3H3,(H2,16,21)(H,19,22)/t10-,12?/m0/s1. The highest BCUT2D eigenvalue weighted by molar-refractivity contribution is 5.92. The van der Waals surface area contributed by atoms with Gasteiger partial charge in [-0.15, -0.1) is 0 Å². The molecule has 2 rings (SSSR count). The molecule has 22 heavy (non-hydrogen) atoms. The number of rotatable bonds is 3. The molecular weight excluding hydrogens is 282 g/mol. The summed E-state index contributed by atoms with van der Waals surface area (Å²) < 4.78 is 0. The lowest BCUT2D eigenvalue weighted by molar-refractivity contribution is -0.115. The van der Waals surface area contributed by atoms with Crippen LogP contribution in [-0.4, -0.2) is 47.7 Å². The number of nitrogens with zero attached hydrogens (tertiary/aromatic N) is 1. The zero-order valence-corrected chi connectivity index (χ0v) is 13.3. The van der Waals surface area contributed by atoms with Crippen LogP contribution in [0.5, 0.6) is 0 Å². The summed E-state index contributed by atoms with van der Waals surface area (Å²) in [6.45, 7) is 7.43. The summed E-state index contributed by atoms with van der Waals surface area (Å²) in [7, 11) is 0. The molecule has 2 aliphatic heterocycles. The fourth-order valence-corrected chi connectivity index (χ4v) is 2.61. The van der Waals surface area contributed by atoms with E-state index in [4.69, 9.17) is 5.73 Å². The van der Waals surface area contributed by atoms with Crippen LogP contribution in [-0.2, 0) is 4.79 Å². The molecule has 3 amide bonds. The van der Waals surface area contributed by atoms with Gasteiger partial charge in [0.15, 0.2) is 0 Å². The van der Waals surface area contributed by atoms with Crippen molar-refractivity contribution in [1.82, 2.24) is 20.9 Å². The molecule has 1 saturated heterocycles. The first-order valence-electron chi connectivity index (χ1n) is 7.54. The van der Waals surface area contributed by atoms with Gasteiger partial charge < -0.3 is 21.7 Å². The summed E-state index contributed by atoms with van der Waals surface area (Å²) >= 11 is 0. The number of amides is 3. The molecule has 0 spiro atoms. The summed E-state index contributed by atoms with van der Waals surface area (Å²) in [6, 6.07) is -0.0919. The molecular formula is C15H25N5O2. The predicted octanol–water partition coefficient (Wildman–Crippen LogP) is 0.0131. The number of hydrogen-bond donors (Lipinski definition) is 4. The van der Waals surface area contributed by atoms with E-state index in [9.17, 15) is 9.59 Å². The summed E-state index contributed by atoms with van der Waals surface area (Å²) in [5.74, 6) is -0.532. The maximum atomic E-state index is 12.7. The van der Waals surface area contributed by atoms with Crippen molar-refractivity contribution in [2.45, 2.75) is 44.9 Å². The Balaban J connectivity index is 2.18. The first kappa shape index (κ1) is 16.4. The van der Waals surface area contributed by atoms with E-state index in [1.54, 1.807) is 17.1 Å². The predicted molar refractivity (Wildman–Crippen MR) is 84.7 cm³/mol. The number of hydrogen-bond acceptors (Lipinski definition) is 4. The number of carbonyl (C=O) groups is 2. The van der Waals surface area contributed by atoms with Crippen LogP contribution in [0.3, 0.4) is 0 Å². The van der Waals surface area contributed by atoms with E-state index in [1.807, 2.05) is 26.8 Å². The molecule has 2 atom stereocenters. The molecule has 1 unspecified atom stereocenters. The van der Waals surface area contributed by atoms with E-state index in [2.05, 4.69) is 16.0 Å². The van der Waals surface area contributed by atoms with Crippen LogP contribution in [0.4, 0.5) is 4.79 Å². The van der Waals surface area contributed by atoms with E-state index >= 15 is 0 Å². The van der Waals surface area contributed by atoms with Crippen LogP contribution in [0.1, 0.15) is 27.2 Å². The van der Waals surface area contributed by atoms with E-state index in [1.165, 1.54) is 0 Å². The third kappa shape index (κ3) is 4.00. The highest BCUT2D eigenvalue weighted by atomic mass is 16.2. The molecule has 0 bridgehead atoms. The Morgan fingerprint density at radius 2 is 2.14 bits per heavy atom. The minimum absolute atomic E-state index is 0.0664. The van der Waals surface area contributed by atoms with Crippen LogP contribution >= 0.6 is 0 Å². The van der Waals surface area contributed by atoms with Crippen molar-refractivity contribution in [2.75, 3.05) is 13.1 Å². The molecule has 2 heterocycles. The van der Waals surface area contributed by atoms with Crippen molar-refractivity contribution in [1.29, 1.82) is 0 Å². The summed E-state index contributed by atoms with van der Waals surface area (Å²) in [6.07, 6.45) is 5.71. The van der Waals surface area contributed by atoms with Crippen LogP contribution in [0, 0.1) is 0 Å². The molecule has 7 heteroatoms. The Morgan fingerprint density at radius 3 is 2.68 bits per heavy atom. The lowest BCUT2D eigenvalue weighted by atomic mass is 10.1. The largest absolute Gasteiger partial charge is 0.364 e. The van der Waals surface area contributed by atoms with E-state index < -0.39 is 5.91 Å². The van der Waals surface area contributed by atoms with Gasteiger partial charge in [-0.2, -0.15) is 0 Å². The Morgan fingerprint density at radius 1 is 1.41 bits per heavy atom. The molecule has 7 nitrogen and oxygen atoms in total. The molecule has 0 aromatic heterocycles. The normalized spacial score (nSPS) is 24.4. The summed E-state index contributed by atoms with van der Waals surface area (Å²) in [5, 5.41) is 9.28. The van der Waals surface area contributed by atoms with Gasteiger partial charge in [0, 0.05) is 18.1 Å². The number of allylic oxidation sites excluding steroid dienone is 2. The van der Waals surface area contributed by atoms with Gasteiger partial charge in [0.25, 0.3) is 5.91 Å². The van der Waals surface area contributed by atoms with Gasteiger partial charge in [0.2, 0.25) is 0 Å². The van der Waals surface area contributed by atoms with Crippen molar-refractivity contribution < 1.29 is 9.59 Å². The maximum Gasteiger partial charge on any atom is 0.319 e. The molecule has 0 aromatic rings. The molecule has 5 N–H and O–H groups in total. The highest BCUT2D eigenvalue weighted by Crippen LogP contribution is 2.17. The van der Waals surface area contributed by atoms with Crippen LogP contribution < -0.4 is 21.7 Å². The third-order valence-electron chi connectivity index (χ3n) is 3.57. The Kier molecular flexibility index (Phi) is 4.75. The van der Waals surface area contributed by atoms with Gasteiger partial charge in [0.05, 0.1) is 0 Å². The quantitative estimate of drug-likeness (QED) is 0.590. The monoisotopic (exact) mass is 307 g/mol. The number of nitrogens with one attached hydrogen (secondary N) is 3.